The molecule has 1 fully saturated rings. The average Bonchev–Trinajstić information content (AvgIpc) is 3.08. The minimum absolute atomic E-state index is 0.133. The summed E-state index contributed by atoms with van der Waals surface area (Å²) in [6.45, 7) is 0.212. The second-order valence-electron chi connectivity index (χ2n) is 5.90. The number of hydrogen-bond acceptors (Lipinski definition) is 10. The first-order chi connectivity index (χ1) is 13.3. The van der Waals surface area contributed by atoms with Gasteiger partial charge in [0, 0.05) is 31.2 Å². The molecule has 1 aliphatic rings. The van der Waals surface area contributed by atoms with Gasteiger partial charge in [-0.2, -0.15) is 4.98 Å². The summed E-state index contributed by atoms with van der Waals surface area (Å²) in [6.07, 6.45) is 0.295. The van der Waals surface area contributed by atoms with Crippen LogP contribution in [0.2, 0.25) is 0 Å². The molecule has 0 bridgehead atoms. The van der Waals surface area contributed by atoms with Gasteiger partial charge in [0.05, 0.1) is 13.2 Å². The number of anilines is 1. The van der Waals surface area contributed by atoms with Crippen LogP contribution < -0.4 is 11.0 Å². The fraction of sp³-hybridized carbons (Fsp3) is 0.600. The summed E-state index contributed by atoms with van der Waals surface area (Å²) >= 11 is 1.30. The third-order valence-corrected chi connectivity index (χ3v) is 7.51. The molecule has 1 aromatic rings. The molecule has 0 unspecified atom stereocenters. The van der Waals surface area contributed by atoms with E-state index in [4.69, 9.17) is 19.7 Å². The SMILES string of the molecule is CC(=O)Nc1ccn([C@H]2CS[C@@H](COC(=O)P(=O)(CCO)CCO)O2)c(=O)n1. The lowest BCUT2D eigenvalue weighted by Crippen LogP contribution is -2.29. The maximum Gasteiger partial charge on any atom is 0.364 e. The molecule has 13 heteroatoms. The lowest BCUT2D eigenvalue weighted by atomic mass is 10.5. The van der Waals surface area contributed by atoms with E-state index in [9.17, 15) is 18.9 Å². The number of aliphatic hydroxyl groups is 2. The number of ether oxygens (including phenoxy) is 2. The first kappa shape index (κ1) is 22.6. The van der Waals surface area contributed by atoms with Crippen LogP contribution in [-0.4, -0.2) is 74.7 Å². The maximum atomic E-state index is 12.4. The Balaban J connectivity index is 1.93. The van der Waals surface area contributed by atoms with Crippen LogP contribution in [0.25, 0.3) is 0 Å². The fourth-order valence-electron chi connectivity index (χ4n) is 2.43. The van der Waals surface area contributed by atoms with Crippen LogP contribution in [0.15, 0.2) is 17.1 Å². The first-order valence-corrected chi connectivity index (χ1v) is 11.5. The molecule has 0 saturated carbocycles. The first-order valence-electron chi connectivity index (χ1n) is 8.40. The van der Waals surface area contributed by atoms with Gasteiger partial charge in [-0.15, -0.1) is 11.8 Å². The van der Waals surface area contributed by atoms with Crippen molar-refractivity contribution in [2.75, 3.05) is 43.2 Å². The molecule has 1 saturated heterocycles. The Bertz CT molecular complexity index is 807. The molecule has 11 nitrogen and oxygen atoms in total. The van der Waals surface area contributed by atoms with Gasteiger partial charge in [-0.3, -0.25) is 9.36 Å². The van der Waals surface area contributed by atoms with Gasteiger partial charge < -0.3 is 29.6 Å². The number of hydrogen-bond donors (Lipinski definition) is 3. The van der Waals surface area contributed by atoms with Crippen LogP contribution in [0.1, 0.15) is 13.2 Å². The van der Waals surface area contributed by atoms with Gasteiger partial charge in [0.1, 0.15) is 24.1 Å². The zero-order valence-corrected chi connectivity index (χ0v) is 16.9. The Morgan fingerprint density at radius 1 is 1.43 bits per heavy atom. The number of carbonyl (C=O) groups excluding carboxylic acids is 2. The van der Waals surface area contributed by atoms with E-state index in [1.807, 2.05) is 0 Å². The Kier molecular flexibility index (Phi) is 8.20. The number of thioether (sulfide) groups is 1. The lowest BCUT2D eigenvalue weighted by Gasteiger charge is -2.17. The Morgan fingerprint density at radius 3 is 2.68 bits per heavy atom. The third-order valence-electron chi connectivity index (χ3n) is 3.78. The molecule has 0 radical (unpaired) electrons. The predicted octanol–water partition coefficient (Wildman–Crippen LogP) is 0.274. The van der Waals surface area contributed by atoms with Gasteiger partial charge in [0.25, 0.3) is 0 Å². The van der Waals surface area contributed by atoms with E-state index < -0.39 is 43.4 Å². The summed E-state index contributed by atoms with van der Waals surface area (Å²) < 4.78 is 24.4. The molecule has 2 rings (SSSR count). The molecule has 28 heavy (non-hydrogen) atoms. The van der Waals surface area contributed by atoms with Crippen molar-refractivity contribution in [3.05, 3.63) is 22.7 Å². The molecule has 1 amide bonds. The van der Waals surface area contributed by atoms with E-state index in [1.165, 1.54) is 35.5 Å². The summed E-state index contributed by atoms with van der Waals surface area (Å²) in [5.74, 6) is 0.182. The minimum Gasteiger partial charge on any atom is -0.457 e. The van der Waals surface area contributed by atoms with E-state index >= 15 is 0 Å². The number of carbonyl (C=O) groups is 2. The zero-order valence-electron chi connectivity index (χ0n) is 15.1. The monoisotopic (exact) mass is 435 g/mol. The van der Waals surface area contributed by atoms with Crippen LogP contribution >= 0.6 is 18.9 Å². The molecule has 0 aliphatic carbocycles. The van der Waals surface area contributed by atoms with E-state index in [0.717, 1.165) is 0 Å². The lowest BCUT2D eigenvalue weighted by molar-refractivity contribution is -0.114. The van der Waals surface area contributed by atoms with Gasteiger partial charge in [-0.25, -0.2) is 9.59 Å². The summed E-state index contributed by atoms with van der Waals surface area (Å²) in [5, 5.41) is 20.3. The van der Waals surface area contributed by atoms with Crippen molar-refractivity contribution in [1.29, 1.82) is 0 Å². The summed E-state index contributed by atoms with van der Waals surface area (Å²) in [7, 11) is -3.49. The van der Waals surface area contributed by atoms with E-state index in [-0.39, 0.29) is 30.7 Å². The van der Waals surface area contributed by atoms with Crippen LogP contribution in [0.5, 0.6) is 0 Å². The highest BCUT2D eigenvalue weighted by atomic mass is 32.2. The van der Waals surface area contributed by atoms with Gasteiger partial charge >= 0.3 is 11.4 Å². The van der Waals surface area contributed by atoms with Crippen LogP contribution in [0.3, 0.4) is 0 Å². The summed E-state index contributed by atoms with van der Waals surface area (Å²) in [4.78, 5) is 38.9. The van der Waals surface area contributed by atoms with Crippen LogP contribution in [0, 0.1) is 0 Å². The average molecular weight is 435 g/mol. The van der Waals surface area contributed by atoms with E-state index in [2.05, 4.69) is 10.3 Å². The highest BCUT2D eigenvalue weighted by Crippen LogP contribution is 2.47. The highest BCUT2D eigenvalue weighted by molar-refractivity contribution is 8.00. The number of nitrogens with one attached hydrogen (secondary N) is 1. The highest BCUT2D eigenvalue weighted by Gasteiger charge is 2.35. The number of amides is 1. The van der Waals surface area contributed by atoms with Crippen molar-refractivity contribution in [3.63, 3.8) is 0 Å². The number of aliphatic hydroxyl groups excluding tert-OH is 2. The van der Waals surface area contributed by atoms with Crippen molar-refractivity contribution < 1.29 is 33.8 Å². The van der Waals surface area contributed by atoms with Crippen LogP contribution in [0.4, 0.5) is 10.6 Å². The van der Waals surface area contributed by atoms with E-state index in [0.29, 0.717) is 5.75 Å². The predicted molar refractivity (Wildman–Crippen MR) is 102 cm³/mol. The van der Waals surface area contributed by atoms with Crippen molar-refractivity contribution >= 4 is 36.3 Å². The molecule has 3 N–H and O–H groups in total. The minimum atomic E-state index is -3.49. The van der Waals surface area contributed by atoms with Gasteiger partial charge in [0.2, 0.25) is 5.91 Å². The van der Waals surface area contributed by atoms with Crippen molar-refractivity contribution in [2.24, 2.45) is 0 Å². The molecule has 1 aromatic heterocycles. The quantitative estimate of drug-likeness (QED) is 0.460. The van der Waals surface area contributed by atoms with Crippen LogP contribution in [-0.2, 0) is 18.8 Å². The third kappa shape index (κ3) is 5.89. The van der Waals surface area contributed by atoms with Gasteiger partial charge in [-0.05, 0) is 6.07 Å². The van der Waals surface area contributed by atoms with Gasteiger partial charge in [0.15, 0.2) is 7.14 Å². The summed E-state index contributed by atoms with van der Waals surface area (Å²) in [5.41, 5.74) is -2.14. The number of aromatic nitrogens is 2. The standard InChI is InChI=1S/C15H22N3O8PS/c1-10(21)16-11-2-3-18(14(22)17-11)12-9-28-13(26-12)8-25-15(23)27(24,6-4-19)7-5-20/h2-3,12-13,19-20H,4-9H2,1H3,(H,16,17,21,22)/t12-,13+/m1/s1. The second kappa shape index (κ2) is 10.2. The normalized spacial score (nSPS) is 19.4. The topological polar surface area (TPSA) is 157 Å². The Labute approximate surface area is 164 Å². The number of rotatable bonds is 9. The molecule has 0 spiro atoms. The molecule has 1 aliphatic heterocycles. The molecule has 2 atom stereocenters. The number of nitrogens with zero attached hydrogens (tertiary/aromatic N) is 2. The van der Waals surface area contributed by atoms with Crippen molar-refractivity contribution in [3.8, 4) is 0 Å². The maximum absolute atomic E-state index is 12.4. The zero-order chi connectivity index (χ0) is 20.7. The smallest absolute Gasteiger partial charge is 0.364 e. The summed E-state index contributed by atoms with van der Waals surface area (Å²) in [6, 6.07) is 1.46. The fourth-order valence-corrected chi connectivity index (χ4v) is 4.97. The largest absolute Gasteiger partial charge is 0.457 e. The molecule has 0 aromatic carbocycles. The molecular formula is C15H22N3O8PS. The Morgan fingerprint density at radius 2 is 2.11 bits per heavy atom. The second-order valence-corrected chi connectivity index (χ2v) is 10.1. The van der Waals surface area contributed by atoms with Crippen molar-refractivity contribution in [1.82, 2.24) is 9.55 Å². The molecule has 156 valence electrons. The van der Waals surface area contributed by atoms with Gasteiger partial charge in [-0.1, -0.05) is 0 Å². The molecular weight excluding hydrogens is 413 g/mol. The Hall–Kier alpha value is -1.72. The van der Waals surface area contributed by atoms with Crippen molar-refractivity contribution in [2.45, 2.75) is 18.6 Å². The van der Waals surface area contributed by atoms with E-state index in [1.54, 1.807) is 0 Å². The molecule has 2 heterocycles.